The summed E-state index contributed by atoms with van der Waals surface area (Å²) in [4.78, 5) is 26.1. The zero-order valence-corrected chi connectivity index (χ0v) is 15.7. The fourth-order valence-electron chi connectivity index (χ4n) is 3.32. The minimum absolute atomic E-state index is 0.218. The normalized spacial score (nSPS) is 13.1. The highest BCUT2D eigenvalue weighted by Gasteiger charge is 2.34. The predicted octanol–water partition coefficient (Wildman–Crippen LogP) is 3.46. The van der Waals surface area contributed by atoms with Crippen molar-refractivity contribution in [2.45, 2.75) is 26.5 Å². The Morgan fingerprint density at radius 2 is 1.54 bits per heavy atom. The number of hydrogen-bond donors (Lipinski definition) is 0. The number of nitrogens with zero attached hydrogens (tertiary/aromatic N) is 3. The van der Waals surface area contributed by atoms with Gasteiger partial charge in [-0.3, -0.25) is 19.2 Å². The number of fused-ring (bicyclic) bond motifs is 1. The van der Waals surface area contributed by atoms with E-state index in [4.69, 9.17) is 4.74 Å². The fourth-order valence-corrected chi connectivity index (χ4v) is 3.32. The van der Waals surface area contributed by atoms with Crippen LogP contribution >= 0.6 is 0 Å². The Hall–Kier alpha value is -3.41. The van der Waals surface area contributed by atoms with Crippen molar-refractivity contribution in [3.8, 4) is 5.75 Å². The standard InChI is InChI=1S/C22H21N3O3/c1-16-20(28-15-17-8-3-2-4-9-17)14-24(23-16)12-7-13-25-21(26)18-10-5-6-11-19(18)22(25)27/h2-6,8-11,14H,7,12-13,15H2,1H3. The van der Waals surface area contributed by atoms with Crippen LogP contribution in [-0.4, -0.2) is 33.0 Å². The van der Waals surface area contributed by atoms with Gasteiger partial charge in [0.1, 0.15) is 12.3 Å². The van der Waals surface area contributed by atoms with Crippen LogP contribution in [0.5, 0.6) is 5.75 Å². The average molecular weight is 375 g/mol. The van der Waals surface area contributed by atoms with Crippen molar-refractivity contribution < 1.29 is 14.3 Å². The molecule has 6 nitrogen and oxygen atoms in total. The molecule has 0 saturated carbocycles. The van der Waals surface area contributed by atoms with Crippen molar-refractivity contribution >= 4 is 11.8 Å². The summed E-state index contributed by atoms with van der Waals surface area (Å²) in [6.45, 7) is 3.36. The lowest BCUT2D eigenvalue weighted by atomic mass is 10.1. The van der Waals surface area contributed by atoms with E-state index in [0.29, 0.717) is 37.2 Å². The molecule has 1 aromatic heterocycles. The van der Waals surface area contributed by atoms with Crippen LogP contribution in [0.25, 0.3) is 0 Å². The van der Waals surface area contributed by atoms with Crippen LogP contribution in [0, 0.1) is 6.92 Å². The first kappa shape index (κ1) is 18.0. The predicted molar refractivity (Wildman–Crippen MR) is 104 cm³/mol. The Balaban J connectivity index is 1.32. The minimum Gasteiger partial charge on any atom is -0.485 e. The van der Waals surface area contributed by atoms with Gasteiger partial charge in [-0.25, -0.2) is 0 Å². The van der Waals surface area contributed by atoms with Crippen LogP contribution in [-0.2, 0) is 13.2 Å². The lowest BCUT2D eigenvalue weighted by molar-refractivity contribution is 0.0650. The summed E-state index contributed by atoms with van der Waals surface area (Å²) >= 11 is 0. The van der Waals surface area contributed by atoms with Gasteiger partial charge in [-0.1, -0.05) is 42.5 Å². The molecule has 0 atom stereocenters. The van der Waals surface area contributed by atoms with Crippen molar-refractivity contribution in [1.82, 2.24) is 14.7 Å². The Morgan fingerprint density at radius 3 is 2.21 bits per heavy atom. The Kier molecular flexibility index (Phi) is 4.93. The molecule has 0 bridgehead atoms. The number of aromatic nitrogens is 2. The van der Waals surface area contributed by atoms with E-state index in [1.165, 1.54) is 4.90 Å². The second kappa shape index (κ2) is 7.68. The van der Waals surface area contributed by atoms with E-state index < -0.39 is 0 Å². The van der Waals surface area contributed by atoms with Gasteiger partial charge < -0.3 is 4.74 Å². The first-order chi connectivity index (χ1) is 13.6. The maximum absolute atomic E-state index is 12.4. The van der Waals surface area contributed by atoms with Crippen LogP contribution in [0.4, 0.5) is 0 Å². The van der Waals surface area contributed by atoms with Crippen molar-refractivity contribution in [1.29, 1.82) is 0 Å². The molecule has 6 heteroatoms. The molecule has 4 rings (SSSR count). The Labute approximate surface area is 163 Å². The summed E-state index contributed by atoms with van der Waals surface area (Å²) in [5, 5.41) is 4.47. The maximum Gasteiger partial charge on any atom is 0.261 e. The average Bonchev–Trinajstić information content (AvgIpc) is 3.19. The van der Waals surface area contributed by atoms with E-state index in [1.54, 1.807) is 28.9 Å². The number of imide groups is 1. The van der Waals surface area contributed by atoms with Gasteiger partial charge in [-0.05, 0) is 31.0 Å². The van der Waals surface area contributed by atoms with Crippen molar-refractivity contribution in [3.05, 3.63) is 83.2 Å². The molecule has 3 aromatic rings. The van der Waals surface area contributed by atoms with Gasteiger partial charge in [0.15, 0.2) is 5.75 Å². The quantitative estimate of drug-likeness (QED) is 0.593. The van der Waals surface area contributed by atoms with Gasteiger partial charge in [0.2, 0.25) is 0 Å². The molecule has 2 heterocycles. The van der Waals surface area contributed by atoms with Gasteiger partial charge in [0.25, 0.3) is 11.8 Å². The van der Waals surface area contributed by atoms with Crippen LogP contribution < -0.4 is 4.74 Å². The molecule has 2 amide bonds. The monoisotopic (exact) mass is 375 g/mol. The first-order valence-corrected chi connectivity index (χ1v) is 9.29. The molecule has 0 fully saturated rings. The van der Waals surface area contributed by atoms with Gasteiger partial charge in [0.05, 0.1) is 17.3 Å². The lowest BCUT2D eigenvalue weighted by Crippen LogP contribution is -2.31. The number of rotatable bonds is 7. The molecule has 1 aliphatic rings. The zero-order valence-electron chi connectivity index (χ0n) is 15.7. The molecule has 2 aromatic carbocycles. The topological polar surface area (TPSA) is 64.4 Å². The van der Waals surface area contributed by atoms with Gasteiger partial charge >= 0.3 is 0 Å². The van der Waals surface area contributed by atoms with Gasteiger partial charge in [-0.15, -0.1) is 0 Å². The Morgan fingerprint density at radius 1 is 0.893 bits per heavy atom. The van der Waals surface area contributed by atoms with Crippen LogP contribution in [0.3, 0.4) is 0 Å². The maximum atomic E-state index is 12.4. The summed E-state index contributed by atoms with van der Waals surface area (Å²) in [6.07, 6.45) is 2.49. The van der Waals surface area contributed by atoms with Gasteiger partial charge in [0, 0.05) is 13.1 Å². The summed E-state index contributed by atoms with van der Waals surface area (Å²) in [6, 6.07) is 16.9. The summed E-state index contributed by atoms with van der Waals surface area (Å²) in [5.41, 5.74) is 2.88. The number of benzene rings is 2. The van der Waals surface area contributed by atoms with E-state index in [0.717, 1.165) is 17.0 Å². The number of aryl methyl sites for hydroxylation is 2. The highest BCUT2D eigenvalue weighted by atomic mass is 16.5. The SMILES string of the molecule is Cc1nn(CCCN2C(=O)c3ccccc3C2=O)cc1OCc1ccccc1. The summed E-state index contributed by atoms with van der Waals surface area (Å²) in [7, 11) is 0. The summed E-state index contributed by atoms with van der Waals surface area (Å²) in [5.74, 6) is 0.304. The molecule has 28 heavy (non-hydrogen) atoms. The highest BCUT2D eigenvalue weighted by Crippen LogP contribution is 2.23. The molecule has 142 valence electrons. The van der Waals surface area contributed by atoms with E-state index >= 15 is 0 Å². The van der Waals surface area contributed by atoms with Crippen molar-refractivity contribution in [3.63, 3.8) is 0 Å². The molecular formula is C22H21N3O3. The number of amides is 2. The first-order valence-electron chi connectivity index (χ1n) is 9.29. The molecule has 0 saturated heterocycles. The number of hydrogen-bond acceptors (Lipinski definition) is 4. The van der Waals surface area contributed by atoms with Crippen LogP contribution in [0.1, 0.15) is 38.4 Å². The van der Waals surface area contributed by atoms with Crippen molar-refractivity contribution in [2.75, 3.05) is 6.54 Å². The number of ether oxygens (including phenoxy) is 1. The summed E-state index contributed by atoms with van der Waals surface area (Å²) < 4.78 is 7.66. The smallest absolute Gasteiger partial charge is 0.261 e. The molecule has 0 N–H and O–H groups in total. The molecule has 0 aliphatic carbocycles. The molecular weight excluding hydrogens is 354 g/mol. The lowest BCUT2D eigenvalue weighted by Gasteiger charge is -2.13. The fraction of sp³-hybridized carbons (Fsp3) is 0.227. The molecule has 1 aliphatic heterocycles. The van der Waals surface area contributed by atoms with E-state index in [9.17, 15) is 9.59 Å². The minimum atomic E-state index is -0.218. The molecule has 0 radical (unpaired) electrons. The van der Waals surface area contributed by atoms with Gasteiger partial charge in [-0.2, -0.15) is 5.10 Å². The third-order valence-corrected chi connectivity index (χ3v) is 4.79. The Bertz CT molecular complexity index is 976. The third kappa shape index (κ3) is 3.53. The highest BCUT2D eigenvalue weighted by molar-refractivity contribution is 6.21. The third-order valence-electron chi connectivity index (χ3n) is 4.79. The number of carbonyl (C=O) groups excluding carboxylic acids is 2. The van der Waals surface area contributed by atoms with E-state index in [1.807, 2.05) is 43.5 Å². The number of carbonyl (C=O) groups is 2. The second-order valence-corrected chi connectivity index (χ2v) is 6.78. The van der Waals surface area contributed by atoms with Crippen LogP contribution in [0.15, 0.2) is 60.8 Å². The van der Waals surface area contributed by atoms with E-state index in [-0.39, 0.29) is 11.8 Å². The molecule has 0 spiro atoms. The molecule has 0 unspecified atom stereocenters. The van der Waals surface area contributed by atoms with Crippen LogP contribution in [0.2, 0.25) is 0 Å². The van der Waals surface area contributed by atoms with E-state index in [2.05, 4.69) is 5.10 Å². The second-order valence-electron chi connectivity index (χ2n) is 6.78. The largest absolute Gasteiger partial charge is 0.485 e. The zero-order chi connectivity index (χ0) is 19.5. The van der Waals surface area contributed by atoms with Crippen molar-refractivity contribution in [2.24, 2.45) is 0 Å².